The Labute approximate surface area is 121 Å². The average Bonchev–Trinajstić information content (AvgIpc) is 2.41. The molecule has 0 unspecified atom stereocenters. The number of carbonyl (C=O) groups is 1. The molecule has 2 N–H and O–H groups in total. The van der Waals surface area contributed by atoms with Crippen LogP contribution in [-0.4, -0.2) is 53.9 Å². The number of likely N-dealkylation sites (tertiary alicyclic amines) is 1. The zero-order chi connectivity index (χ0) is 14.0. The van der Waals surface area contributed by atoms with Crippen LogP contribution in [0.25, 0.3) is 0 Å². The van der Waals surface area contributed by atoms with Crippen molar-refractivity contribution in [3.05, 3.63) is 22.3 Å². The molecule has 0 atom stereocenters. The molecule has 1 saturated heterocycles. The lowest BCUT2D eigenvalue weighted by atomic mass is 10.0. The van der Waals surface area contributed by atoms with Gasteiger partial charge in [-0.05, 0) is 48.9 Å². The molecule has 1 aliphatic rings. The van der Waals surface area contributed by atoms with Crippen LogP contribution >= 0.6 is 15.9 Å². The molecule has 0 aliphatic carbocycles. The Kier molecular flexibility index (Phi) is 4.42. The predicted molar refractivity (Wildman–Crippen MR) is 79.0 cm³/mol. The molecule has 1 aliphatic heterocycles. The molecule has 0 radical (unpaired) electrons. The Morgan fingerprint density at radius 2 is 2.11 bits per heavy atom. The summed E-state index contributed by atoms with van der Waals surface area (Å²) in [7, 11) is 4.16. The van der Waals surface area contributed by atoms with Crippen molar-refractivity contribution in [3.63, 3.8) is 0 Å². The van der Waals surface area contributed by atoms with Gasteiger partial charge in [0.25, 0.3) is 5.91 Å². The maximum absolute atomic E-state index is 12.4. The van der Waals surface area contributed by atoms with Crippen LogP contribution in [0.15, 0.2) is 16.7 Å². The summed E-state index contributed by atoms with van der Waals surface area (Å²) in [5, 5.41) is 0. The molecule has 1 fully saturated rings. The van der Waals surface area contributed by atoms with Gasteiger partial charge >= 0.3 is 0 Å². The number of amides is 1. The molecule has 0 bridgehead atoms. The van der Waals surface area contributed by atoms with E-state index in [0.29, 0.717) is 17.4 Å². The van der Waals surface area contributed by atoms with Gasteiger partial charge in [-0.25, -0.2) is 4.98 Å². The normalized spacial score (nSPS) is 16.9. The first kappa shape index (κ1) is 14.3. The van der Waals surface area contributed by atoms with Gasteiger partial charge < -0.3 is 15.5 Å². The summed E-state index contributed by atoms with van der Waals surface area (Å²) < 4.78 is 0.772. The van der Waals surface area contributed by atoms with Gasteiger partial charge in [-0.2, -0.15) is 0 Å². The van der Waals surface area contributed by atoms with Gasteiger partial charge in [0.05, 0.1) is 5.56 Å². The standard InChI is InChI=1S/C13H19BrN4O/c1-17(2)10-3-5-18(6-4-10)13(19)11-7-9(14)8-16-12(11)15/h7-8,10H,3-6H2,1-2H3,(H2,15,16). The van der Waals surface area contributed by atoms with Crippen molar-refractivity contribution in [3.8, 4) is 0 Å². The maximum Gasteiger partial charge on any atom is 0.257 e. The number of anilines is 1. The van der Waals surface area contributed by atoms with Crippen LogP contribution in [0.2, 0.25) is 0 Å². The Bertz CT molecular complexity index is 470. The van der Waals surface area contributed by atoms with Gasteiger partial charge in [0.1, 0.15) is 5.82 Å². The lowest BCUT2D eigenvalue weighted by molar-refractivity contribution is 0.0664. The quantitative estimate of drug-likeness (QED) is 0.896. The van der Waals surface area contributed by atoms with E-state index in [4.69, 9.17) is 5.73 Å². The van der Waals surface area contributed by atoms with E-state index in [2.05, 4.69) is 39.9 Å². The smallest absolute Gasteiger partial charge is 0.257 e. The van der Waals surface area contributed by atoms with Crippen LogP contribution in [-0.2, 0) is 0 Å². The van der Waals surface area contributed by atoms with Crippen molar-refractivity contribution in [2.75, 3.05) is 32.9 Å². The number of piperidine rings is 1. The number of nitrogens with zero attached hydrogens (tertiary/aromatic N) is 3. The van der Waals surface area contributed by atoms with Crippen LogP contribution in [0.4, 0.5) is 5.82 Å². The summed E-state index contributed by atoms with van der Waals surface area (Å²) in [6.07, 6.45) is 3.60. The number of halogens is 1. The summed E-state index contributed by atoms with van der Waals surface area (Å²) in [6, 6.07) is 2.30. The summed E-state index contributed by atoms with van der Waals surface area (Å²) >= 11 is 3.32. The number of hydrogen-bond donors (Lipinski definition) is 1. The molecule has 1 aromatic heterocycles. The molecule has 2 heterocycles. The van der Waals surface area contributed by atoms with E-state index in [9.17, 15) is 4.79 Å². The minimum Gasteiger partial charge on any atom is -0.383 e. The average molecular weight is 327 g/mol. The van der Waals surface area contributed by atoms with E-state index in [1.54, 1.807) is 12.3 Å². The molecule has 104 valence electrons. The minimum absolute atomic E-state index is 0.0245. The van der Waals surface area contributed by atoms with Crippen molar-refractivity contribution in [1.82, 2.24) is 14.8 Å². The lowest BCUT2D eigenvalue weighted by Gasteiger charge is -2.35. The monoisotopic (exact) mass is 326 g/mol. The third-order valence-corrected chi connectivity index (χ3v) is 4.03. The molecule has 1 aromatic rings. The van der Waals surface area contributed by atoms with Crippen LogP contribution in [0.5, 0.6) is 0 Å². The first-order valence-electron chi connectivity index (χ1n) is 6.35. The zero-order valence-electron chi connectivity index (χ0n) is 11.3. The van der Waals surface area contributed by atoms with Crippen molar-refractivity contribution >= 4 is 27.7 Å². The van der Waals surface area contributed by atoms with E-state index in [-0.39, 0.29) is 5.91 Å². The molecule has 6 heteroatoms. The largest absolute Gasteiger partial charge is 0.383 e. The van der Waals surface area contributed by atoms with Crippen LogP contribution in [0.1, 0.15) is 23.2 Å². The highest BCUT2D eigenvalue weighted by atomic mass is 79.9. The number of nitrogen functional groups attached to an aromatic ring is 1. The minimum atomic E-state index is -0.0245. The molecule has 2 rings (SSSR count). The van der Waals surface area contributed by atoms with E-state index >= 15 is 0 Å². The second-order valence-corrected chi connectivity index (χ2v) is 5.99. The van der Waals surface area contributed by atoms with Gasteiger partial charge in [0.15, 0.2) is 0 Å². The number of nitrogens with two attached hydrogens (primary N) is 1. The van der Waals surface area contributed by atoms with Crippen molar-refractivity contribution in [2.24, 2.45) is 0 Å². The van der Waals surface area contributed by atoms with E-state index in [1.165, 1.54) is 0 Å². The van der Waals surface area contributed by atoms with Gasteiger partial charge in [-0.1, -0.05) is 0 Å². The topological polar surface area (TPSA) is 62.5 Å². The maximum atomic E-state index is 12.4. The van der Waals surface area contributed by atoms with Gasteiger partial charge in [-0.3, -0.25) is 4.79 Å². The van der Waals surface area contributed by atoms with Gasteiger partial charge in [0, 0.05) is 29.8 Å². The Hall–Kier alpha value is -1.14. The highest BCUT2D eigenvalue weighted by Gasteiger charge is 2.25. The Morgan fingerprint density at radius 1 is 1.47 bits per heavy atom. The van der Waals surface area contributed by atoms with Crippen LogP contribution in [0.3, 0.4) is 0 Å². The molecule has 1 amide bonds. The first-order valence-corrected chi connectivity index (χ1v) is 7.15. The number of pyridine rings is 1. The predicted octanol–water partition coefficient (Wildman–Crippen LogP) is 1.59. The number of aromatic nitrogens is 1. The fourth-order valence-corrected chi connectivity index (χ4v) is 2.71. The van der Waals surface area contributed by atoms with E-state index in [0.717, 1.165) is 30.4 Å². The van der Waals surface area contributed by atoms with Crippen molar-refractivity contribution < 1.29 is 4.79 Å². The summed E-state index contributed by atoms with van der Waals surface area (Å²) in [4.78, 5) is 20.5. The third-order valence-electron chi connectivity index (χ3n) is 3.60. The van der Waals surface area contributed by atoms with E-state index < -0.39 is 0 Å². The van der Waals surface area contributed by atoms with Crippen molar-refractivity contribution in [2.45, 2.75) is 18.9 Å². The van der Waals surface area contributed by atoms with Crippen molar-refractivity contribution in [1.29, 1.82) is 0 Å². The molecule has 19 heavy (non-hydrogen) atoms. The number of hydrogen-bond acceptors (Lipinski definition) is 4. The number of rotatable bonds is 2. The SMILES string of the molecule is CN(C)C1CCN(C(=O)c2cc(Br)cnc2N)CC1. The Morgan fingerprint density at radius 3 is 2.68 bits per heavy atom. The fourth-order valence-electron chi connectivity index (χ4n) is 2.38. The summed E-state index contributed by atoms with van der Waals surface area (Å²) in [5.41, 5.74) is 6.27. The molecular weight excluding hydrogens is 308 g/mol. The number of carbonyl (C=O) groups excluding carboxylic acids is 1. The second kappa shape index (κ2) is 5.88. The Balaban J connectivity index is 2.07. The molecule has 0 saturated carbocycles. The first-order chi connectivity index (χ1) is 8.99. The van der Waals surface area contributed by atoms with Gasteiger partial charge in [0.2, 0.25) is 0 Å². The molecule has 0 spiro atoms. The van der Waals surface area contributed by atoms with Crippen LogP contribution < -0.4 is 5.73 Å². The highest BCUT2D eigenvalue weighted by molar-refractivity contribution is 9.10. The fraction of sp³-hybridized carbons (Fsp3) is 0.538. The lowest BCUT2D eigenvalue weighted by Crippen LogP contribution is -2.44. The summed E-state index contributed by atoms with van der Waals surface area (Å²) in [6.45, 7) is 1.54. The third kappa shape index (κ3) is 3.25. The summed E-state index contributed by atoms with van der Waals surface area (Å²) in [5.74, 6) is 0.270. The van der Waals surface area contributed by atoms with Crippen LogP contribution in [0, 0.1) is 0 Å². The molecule has 0 aromatic carbocycles. The molecular formula is C13H19BrN4O. The van der Waals surface area contributed by atoms with E-state index in [1.807, 2.05) is 4.90 Å². The second-order valence-electron chi connectivity index (χ2n) is 5.07. The van der Waals surface area contributed by atoms with Gasteiger partial charge in [-0.15, -0.1) is 0 Å². The zero-order valence-corrected chi connectivity index (χ0v) is 12.9. The highest BCUT2D eigenvalue weighted by Crippen LogP contribution is 2.21. The molecule has 5 nitrogen and oxygen atoms in total.